The number of hydrogen-bond donors (Lipinski definition) is 2. The topological polar surface area (TPSA) is 84.9 Å². The zero-order valence-corrected chi connectivity index (χ0v) is 12.3. The fraction of sp³-hybridized carbons (Fsp3) is 0.333. The van der Waals surface area contributed by atoms with E-state index in [0.717, 1.165) is 6.20 Å². The van der Waals surface area contributed by atoms with E-state index in [-0.39, 0.29) is 6.10 Å². The number of carbonyl (C=O) groups excluding carboxylic acids is 1. The molecule has 0 saturated heterocycles. The van der Waals surface area contributed by atoms with Crippen molar-refractivity contribution in [2.45, 2.75) is 26.4 Å². The van der Waals surface area contributed by atoms with E-state index < -0.39 is 17.5 Å². The van der Waals surface area contributed by atoms with Crippen molar-refractivity contribution in [2.75, 3.05) is 12.4 Å². The molecule has 1 atom stereocenters. The van der Waals surface area contributed by atoms with Crippen LogP contribution in [0.4, 0.5) is 5.69 Å². The molecule has 0 aromatic heterocycles. The number of methoxy groups -OCH3 is 1. The predicted molar refractivity (Wildman–Crippen MR) is 78.2 cm³/mol. The number of nitrogens with one attached hydrogen (secondary N) is 1. The maximum absolute atomic E-state index is 11.7. The molecular weight excluding hydrogens is 274 g/mol. The molecule has 0 fully saturated rings. The molecule has 21 heavy (non-hydrogen) atoms. The molecule has 0 heterocycles. The van der Waals surface area contributed by atoms with Gasteiger partial charge in [-0.25, -0.2) is 9.59 Å². The van der Waals surface area contributed by atoms with Gasteiger partial charge in [0.2, 0.25) is 0 Å². The van der Waals surface area contributed by atoms with Gasteiger partial charge >= 0.3 is 11.9 Å². The number of aliphatic carboxylic acids is 1. The smallest absolute Gasteiger partial charge is 0.347 e. The number of rotatable bonds is 7. The van der Waals surface area contributed by atoms with E-state index in [2.05, 4.69) is 5.32 Å². The first-order chi connectivity index (χ1) is 9.97. The van der Waals surface area contributed by atoms with E-state index in [1.165, 1.54) is 0 Å². The summed E-state index contributed by atoms with van der Waals surface area (Å²) in [6.07, 6.45) is 1.40. The summed E-state index contributed by atoms with van der Waals surface area (Å²) in [4.78, 5) is 22.8. The fourth-order valence-corrected chi connectivity index (χ4v) is 1.38. The van der Waals surface area contributed by atoms with Gasteiger partial charge in [-0.15, -0.1) is 0 Å². The number of hydrogen-bond acceptors (Lipinski definition) is 5. The van der Waals surface area contributed by atoms with Crippen molar-refractivity contribution in [3.8, 4) is 5.75 Å². The molecule has 0 radical (unpaired) electrons. The molecule has 6 heteroatoms. The normalized spacial score (nSPS) is 12.4. The van der Waals surface area contributed by atoms with Gasteiger partial charge in [0.15, 0.2) is 5.57 Å². The highest BCUT2D eigenvalue weighted by Crippen LogP contribution is 2.15. The molecule has 6 nitrogen and oxygen atoms in total. The van der Waals surface area contributed by atoms with Crippen molar-refractivity contribution in [1.29, 1.82) is 0 Å². The zero-order valence-electron chi connectivity index (χ0n) is 12.3. The lowest BCUT2D eigenvalue weighted by molar-refractivity contribution is -0.147. The van der Waals surface area contributed by atoms with Crippen LogP contribution in [0.15, 0.2) is 36.0 Å². The minimum atomic E-state index is -1.34. The van der Waals surface area contributed by atoms with Crippen molar-refractivity contribution < 1.29 is 24.2 Å². The Labute approximate surface area is 123 Å². The van der Waals surface area contributed by atoms with Crippen molar-refractivity contribution in [3.05, 3.63) is 36.0 Å². The number of carboxylic acid groups (broad SMARTS) is 1. The van der Waals surface area contributed by atoms with E-state index in [4.69, 9.17) is 14.6 Å². The Morgan fingerprint density at radius 2 is 1.95 bits per heavy atom. The van der Waals surface area contributed by atoms with Gasteiger partial charge in [0, 0.05) is 11.9 Å². The van der Waals surface area contributed by atoms with Crippen LogP contribution in [-0.2, 0) is 14.3 Å². The second-order valence-corrected chi connectivity index (χ2v) is 4.36. The number of anilines is 1. The minimum Gasteiger partial charge on any atom is -0.497 e. The van der Waals surface area contributed by atoms with Crippen LogP contribution in [0.25, 0.3) is 0 Å². The van der Waals surface area contributed by atoms with Crippen LogP contribution in [-0.4, -0.2) is 30.3 Å². The van der Waals surface area contributed by atoms with E-state index in [1.807, 2.05) is 6.92 Å². The summed E-state index contributed by atoms with van der Waals surface area (Å²) in [5.41, 5.74) is 0.178. The predicted octanol–water partition coefficient (Wildman–Crippen LogP) is 2.42. The summed E-state index contributed by atoms with van der Waals surface area (Å²) in [6, 6.07) is 6.84. The Morgan fingerprint density at radius 3 is 2.43 bits per heavy atom. The summed E-state index contributed by atoms with van der Waals surface area (Å²) in [5.74, 6) is -1.53. The Kier molecular flexibility index (Phi) is 6.26. The van der Waals surface area contributed by atoms with E-state index >= 15 is 0 Å². The number of ether oxygens (including phenoxy) is 2. The van der Waals surface area contributed by atoms with Gasteiger partial charge in [-0.1, -0.05) is 6.92 Å². The second kappa shape index (κ2) is 7.94. The maximum Gasteiger partial charge on any atom is 0.347 e. The van der Waals surface area contributed by atoms with Crippen LogP contribution in [0.5, 0.6) is 5.75 Å². The second-order valence-electron chi connectivity index (χ2n) is 4.36. The van der Waals surface area contributed by atoms with Gasteiger partial charge in [-0.2, -0.15) is 0 Å². The highest BCUT2D eigenvalue weighted by molar-refractivity contribution is 6.13. The summed E-state index contributed by atoms with van der Waals surface area (Å²) < 4.78 is 10.0. The van der Waals surface area contributed by atoms with Crippen molar-refractivity contribution >= 4 is 17.6 Å². The van der Waals surface area contributed by atoms with Gasteiger partial charge in [0.05, 0.1) is 13.2 Å². The van der Waals surface area contributed by atoms with Crippen LogP contribution in [0.1, 0.15) is 20.3 Å². The SMILES string of the molecule is CCC(C)OC(=O)C(=CNc1ccc(OC)cc1)C(=O)O. The van der Waals surface area contributed by atoms with E-state index in [1.54, 1.807) is 38.3 Å². The first-order valence-corrected chi connectivity index (χ1v) is 6.53. The Bertz CT molecular complexity index is 521. The van der Waals surface area contributed by atoms with E-state index in [9.17, 15) is 9.59 Å². The first-order valence-electron chi connectivity index (χ1n) is 6.53. The quantitative estimate of drug-likeness (QED) is 0.347. The molecule has 114 valence electrons. The van der Waals surface area contributed by atoms with Gasteiger partial charge in [0.1, 0.15) is 5.75 Å². The van der Waals surface area contributed by atoms with Crippen LogP contribution in [0, 0.1) is 0 Å². The van der Waals surface area contributed by atoms with Crippen molar-refractivity contribution in [2.24, 2.45) is 0 Å². The Balaban J connectivity index is 2.79. The highest BCUT2D eigenvalue weighted by Gasteiger charge is 2.20. The molecule has 0 amide bonds. The van der Waals surface area contributed by atoms with Gasteiger partial charge in [-0.05, 0) is 37.6 Å². The monoisotopic (exact) mass is 293 g/mol. The molecule has 0 aliphatic carbocycles. The molecule has 1 aromatic carbocycles. The van der Waals surface area contributed by atoms with Crippen LogP contribution < -0.4 is 10.1 Å². The van der Waals surface area contributed by atoms with Crippen LogP contribution >= 0.6 is 0 Å². The highest BCUT2D eigenvalue weighted by atomic mass is 16.5. The molecule has 1 aromatic rings. The zero-order chi connectivity index (χ0) is 15.8. The van der Waals surface area contributed by atoms with Crippen LogP contribution in [0.3, 0.4) is 0 Å². The van der Waals surface area contributed by atoms with Gasteiger partial charge in [-0.3, -0.25) is 0 Å². The summed E-state index contributed by atoms with van der Waals surface area (Å²) >= 11 is 0. The standard InChI is InChI=1S/C15H19NO5/c1-4-10(2)21-15(19)13(14(17)18)9-16-11-5-7-12(20-3)8-6-11/h5-10,16H,4H2,1-3H3,(H,17,18). The maximum atomic E-state index is 11.7. The number of carbonyl (C=O) groups is 2. The third-order valence-corrected chi connectivity index (χ3v) is 2.81. The third kappa shape index (κ3) is 5.18. The first kappa shape index (κ1) is 16.6. The lowest BCUT2D eigenvalue weighted by atomic mass is 10.2. The molecule has 1 unspecified atom stereocenters. The molecule has 0 aliphatic rings. The fourth-order valence-electron chi connectivity index (χ4n) is 1.38. The molecule has 0 saturated carbocycles. The molecule has 0 aliphatic heterocycles. The number of benzene rings is 1. The average Bonchev–Trinajstić information content (AvgIpc) is 2.47. The number of esters is 1. The summed E-state index contributed by atoms with van der Waals surface area (Å²) in [5, 5.41) is 11.8. The third-order valence-electron chi connectivity index (χ3n) is 2.81. The molecule has 2 N–H and O–H groups in total. The Hall–Kier alpha value is -2.50. The van der Waals surface area contributed by atoms with E-state index in [0.29, 0.717) is 17.9 Å². The molecule has 0 spiro atoms. The molecular formula is C15H19NO5. The molecule has 0 bridgehead atoms. The minimum absolute atomic E-state index is 0.332. The average molecular weight is 293 g/mol. The summed E-state index contributed by atoms with van der Waals surface area (Å²) in [7, 11) is 1.55. The lowest BCUT2D eigenvalue weighted by Crippen LogP contribution is -2.21. The van der Waals surface area contributed by atoms with Gasteiger partial charge in [0.25, 0.3) is 0 Å². The Morgan fingerprint density at radius 1 is 1.33 bits per heavy atom. The lowest BCUT2D eigenvalue weighted by Gasteiger charge is -2.11. The van der Waals surface area contributed by atoms with Gasteiger partial charge < -0.3 is 19.9 Å². The number of carboxylic acids is 1. The van der Waals surface area contributed by atoms with Crippen molar-refractivity contribution in [3.63, 3.8) is 0 Å². The van der Waals surface area contributed by atoms with Crippen LogP contribution in [0.2, 0.25) is 0 Å². The molecule has 1 rings (SSSR count). The summed E-state index contributed by atoms with van der Waals surface area (Å²) in [6.45, 7) is 3.55. The van der Waals surface area contributed by atoms with Crippen molar-refractivity contribution in [1.82, 2.24) is 0 Å². The largest absolute Gasteiger partial charge is 0.497 e.